The first-order chi connectivity index (χ1) is 7.49. The van der Waals surface area contributed by atoms with Crippen LogP contribution in [-0.4, -0.2) is 6.04 Å². The van der Waals surface area contributed by atoms with Crippen molar-refractivity contribution < 1.29 is 0 Å². The number of aryl methyl sites for hydroxylation is 1. The molecule has 2 heteroatoms. The van der Waals surface area contributed by atoms with E-state index in [0.717, 1.165) is 17.3 Å². The fraction of sp³-hybridized carbons (Fsp3) is 0.571. The maximum atomic E-state index is 5.79. The molecule has 0 heterocycles. The average molecular weight is 220 g/mol. The normalized spacial score (nSPS) is 12.8. The molecule has 0 aliphatic carbocycles. The zero-order valence-corrected chi connectivity index (χ0v) is 10.9. The van der Waals surface area contributed by atoms with Gasteiger partial charge in [-0.1, -0.05) is 19.9 Å². The highest BCUT2D eigenvalue weighted by Crippen LogP contribution is 2.20. The molecule has 1 unspecified atom stereocenters. The Balaban J connectivity index is 2.55. The molecule has 16 heavy (non-hydrogen) atoms. The van der Waals surface area contributed by atoms with Gasteiger partial charge < -0.3 is 11.1 Å². The first-order valence-electron chi connectivity index (χ1n) is 6.11. The lowest BCUT2D eigenvalue weighted by molar-refractivity contribution is 0.527. The van der Waals surface area contributed by atoms with Crippen LogP contribution in [0.15, 0.2) is 18.2 Å². The zero-order valence-electron chi connectivity index (χ0n) is 10.9. The lowest BCUT2D eigenvalue weighted by Gasteiger charge is -2.18. The van der Waals surface area contributed by atoms with E-state index >= 15 is 0 Å². The third-order valence-electron chi connectivity index (χ3n) is 2.84. The van der Waals surface area contributed by atoms with Crippen LogP contribution in [0.3, 0.4) is 0 Å². The molecule has 0 radical (unpaired) electrons. The van der Waals surface area contributed by atoms with Crippen LogP contribution in [0.5, 0.6) is 0 Å². The monoisotopic (exact) mass is 220 g/mol. The molecule has 0 aromatic heterocycles. The van der Waals surface area contributed by atoms with Crippen molar-refractivity contribution in [2.75, 3.05) is 11.1 Å². The van der Waals surface area contributed by atoms with Gasteiger partial charge in [0.05, 0.1) is 0 Å². The van der Waals surface area contributed by atoms with Gasteiger partial charge in [0.2, 0.25) is 0 Å². The van der Waals surface area contributed by atoms with Crippen molar-refractivity contribution in [3.05, 3.63) is 23.8 Å². The van der Waals surface area contributed by atoms with Gasteiger partial charge in [-0.15, -0.1) is 0 Å². The third kappa shape index (κ3) is 4.13. The summed E-state index contributed by atoms with van der Waals surface area (Å²) in [6.07, 6.45) is 2.46. The summed E-state index contributed by atoms with van der Waals surface area (Å²) in [5.74, 6) is 0.770. The smallest absolute Gasteiger partial charge is 0.0392 e. The van der Waals surface area contributed by atoms with E-state index in [9.17, 15) is 0 Å². The molecule has 3 N–H and O–H groups in total. The number of nitrogens with two attached hydrogens (primary N) is 1. The van der Waals surface area contributed by atoms with Crippen molar-refractivity contribution >= 4 is 11.4 Å². The van der Waals surface area contributed by atoms with Gasteiger partial charge in [0, 0.05) is 17.4 Å². The SMILES string of the molecule is Cc1ccc(N)cc1NC(C)CCC(C)C. The van der Waals surface area contributed by atoms with E-state index in [-0.39, 0.29) is 0 Å². The fourth-order valence-electron chi connectivity index (χ4n) is 1.72. The van der Waals surface area contributed by atoms with Crippen LogP contribution < -0.4 is 11.1 Å². The Bertz CT molecular complexity index is 332. The van der Waals surface area contributed by atoms with Crippen LogP contribution in [0.2, 0.25) is 0 Å². The van der Waals surface area contributed by atoms with E-state index in [0.29, 0.717) is 6.04 Å². The molecule has 0 saturated carbocycles. The highest BCUT2D eigenvalue weighted by Gasteiger charge is 2.05. The maximum absolute atomic E-state index is 5.79. The summed E-state index contributed by atoms with van der Waals surface area (Å²) in [4.78, 5) is 0. The Morgan fingerprint density at radius 1 is 1.19 bits per heavy atom. The van der Waals surface area contributed by atoms with Gasteiger partial charge in [-0.2, -0.15) is 0 Å². The van der Waals surface area contributed by atoms with E-state index in [2.05, 4.69) is 39.1 Å². The van der Waals surface area contributed by atoms with Gasteiger partial charge >= 0.3 is 0 Å². The molecule has 0 fully saturated rings. The van der Waals surface area contributed by atoms with Gasteiger partial charge in [0.15, 0.2) is 0 Å². The van der Waals surface area contributed by atoms with Crippen molar-refractivity contribution in [1.29, 1.82) is 0 Å². The molecule has 90 valence electrons. The Hall–Kier alpha value is -1.18. The van der Waals surface area contributed by atoms with Crippen LogP contribution in [-0.2, 0) is 0 Å². The summed E-state index contributed by atoms with van der Waals surface area (Å²) in [5, 5.41) is 3.53. The molecule has 1 aromatic carbocycles. The molecule has 2 nitrogen and oxygen atoms in total. The summed E-state index contributed by atoms with van der Waals surface area (Å²) in [7, 11) is 0. The van der Waals surface area contributed by atoms with Crippen molar-refractivity contribution in [2.45, 2.75) is 46.6 Å². The summed E-state index contributed by atoms with van der Waals surface area (Å²) in [5.41, 5.74) is 9.03. The second-order valence-corrected chi connectivity index (χ2v) is 5.09. The first-order valence-corrected chi connectivity index (χ1v) is 6.11. The third-order valence-corrected chi connectivity index (χ3v) is 2.84. The predicted molar refractivity (Wildman–Crippen MR) is 72.7 cm³/mol. The molecule has 0 spiro atoms. The van der Waals surface area contributed by atoms with E-state index < -0.39 is 0 Å². The lowest BCUT2D eigenvalue weighted by atomic mass is 10.0. The molecule has 0 aliphatic rings. The van der Waals surface area contributed by atoms with E-state index in [1.54, 1.807) is 0 Å². The zero-order chi connectivity index (χ0) is 12.1. The van der Waals surface area contributed by atoms with Crippen LogP contribution in [0.4, 0.5) is 11.4 Å². The van der Waals surface area contributed by atoms with Gasteiger partial charge in [-0.3, -0.25) is 0 Å². The summed E-state index contributed by atoms with van der Waals surface area (Å²) in [6.45, 7) is 8.86. The quantitative estimate of drug-likeness (QED) is 0.740. The van der Waals surface area contributed by atoms with Crippen molar-refractivity contribution in [3.8, 4) is 0 Å². The number of rotatable bonds is 5. The highest BCUT2D eigenvalue weighted by atomic mass is 14.9. The molecule has 1 atom stereocenters. The average Bonchev–Trinajstić information content (AvgIpc) is 2.20. The minimum atomic E-state index is 0.503. The maximum Gasteiger partial charge on any atom is 0.0392 e. The molecular formula is C14H24N2. The number of hydrogen-bond donors (Lipinski definition) is 2. The second-order valence-electron chi connectivity index (χ2n) is 5.09. The lowest BCUT2D eigenvalue weighted by Crippen LogP contribution is -2.16. The number of nitrogen functional groups attached to an aromatic ring is 1. The molecule has 0 saturated heterocycles. The van der Waals surface area contributed by atoms with E-state index in [1.807, 2.05) is 12.1 Å². The summed E-state index contributed by atoms with van der Waals surface area (Å²) >= 11 is 0. The summed E-state index contributed by atoms with van der Waals surface area (Å²) < 4.78 is 0. The van der Waals surface area contributed by atoms with Crippen molar-refractivity contribution in [1.82, 2.24) is 0 Å². The fourth-order valence-corrected chi connectivity index (χ4v) is 1.72. The first kappa shape index (κ1) is 12.9. The minimum absolute atomic E-state index is 0.503. The van der Waals surface area contributed by atoms with Crippen LogP contribution >= 0.6 is 0 Å². The van der Waals surface area contributed by atoms with Crippen LogP contribution in [0, 0.1) is 12.8 Å². The molecule has 0 bridgehead atoms. The second kappa shape index (κ2) is 5.78. The topological polar surface area (TPSA) is 38.0 Å². The molecule has 0 aliphatic heterocycles. The number of anilines is 2. The van der Waals surface area contributed by atoms with Crippen molar-refractivity contribution in [2.24, 2.45) is 5.92 Å². The molecule has 1 rings (SSSR count). The molecular weight excluding hydrogens is 196 g/mol. The largest absolute Gasteiger partial charge is 0.399 e. The van der Waals surface area contributed by atoms with Gasteiger partial charge in [0.1, 0.15) is 0 Å². The molecule has 0 amide bonds. The van der Waals surface area contributed by atoms with Crippen molar-refractivity contribution in [3.63, 3.8) is 0 Å². The summed E-state index contributed by atoms with van der Waals surface area (Å²) in [6, 6.07) is 6.52. The highest BCUT2D eigenvalue weighted by molar-refractivity contribution is 5.59. The predicted octanol–water partition coefficient (Wildman–Crippen LogP) is 3.81. The van der Waals surface area contributed by atoms with E-state index in [1.165, 1.54) is 18.4 Å². The van der Waals surface area contributed by atoms with Gasteiger partial charge in [-0.05, 0) is 50.3 Å². The number of nitrogens with one attached hydrogen (secondary N) is 1. The van der Waals surface area contributed by atoms with Crippen LogP contribution in [0.25, 0.3) is 0 Å². The van der Waals surface area contributed by atoms with Gasteiger partial charge in [0.25, 0.3) is 0 Å². The Kier molecular flexibility index (Phi) is 4.66. The Morgan fingerprint density at radius 3 is 2.50 bits per heavy atom. The molecule has 1 aromatic rings. The number of hydrogen-bond acceptors (Lipinski definition) is 2. The van der Waals surface area contributed by atoms with Gasteiger partial charge in [-0.25, -0.2) is 0 Å². The number of benzene rings is 1. The van der Waals surface area contributed by atoms with E-state index in [4.69, 9.17) is 5.73 Å². The Morgan fingerprint density at radius 2 is 1.88 bits per heavy atom. The standard InChI is InChI=1S/C14H24N2/c1-10(2)5-7-12(4)16-14-9-13(15)8-6-11(14)3/h6,8-10,12,16H,5,7,15H2,1-4H3. The minimum Gasteiger partial charge on any atom is -0.399 e. The van der Waals surface area contributed by atoms with Crippen LogP contribution in [0.1, 0.15) is 39.2 Å². The Labute approximate surface area is 99.2 Å².